The summed E-state index contributed by atoms with van der Waals surface area (Å²) in [7, 11) is -3.70. The van der Waals surface area contributed by atoms with Gasteiger partial charge < -0.3 is 10.1 Å². The molecule has 0 fully saturated rings. The summed E-state index contributed by atoms with van der Waals surface area (Å²) in [6.07, 6.45) is 0. The highest BCUT2D eigenvalue weighted by Crippen LogP contribution is 2.12. The molecule has 1 amide bonds. The highest BCUT2D eigenvalue weighted by atomic mass is 32.2. The molecule has 0 aliphatic heterocycles. The second-order valence-corrected chi connectivity index (χ2v) is 6.39. The zero-order valence-corrected chi connectivity index (χ0v) is 13.5. The van der Waals surface area contributed by atoms with Gasteiger partial charge in [0.2, 0.25) is 10.0 Å². The third kappa shape index (κ3) is 4.80. The van der Waals surface area contributed by atoms with Crippen molar-refractivity contribution in [1.82, 2.24) is 5.32 Å². The molecule has 0 aliphatic carbocycles. The first-order valence-electron chi connectivity index (χ1n) is 7.03. The van der Waals surface area contributed by atoms with E-state index < -0.39 is 10.0 Å². The zero-order valence-electron chi connectivity index (χ0n) is 12.7. The summed E-state index contributed by atoms with van der Waals surface area (Å²) in [6.45, 7) is 2.75. The molecular weight excluding hydrogens is 316 g/mol. The third-order valence-electron chi connectivity index (χ3n) is 3.13. The molecule has 0 atom stereocenters. The quantitative estimate of drug-likeness (QED) is 0.839. The largest absolute Gasteiger partial charge is 0.494 e. The van der Waals surface area contributed by atoms with Gasteiger partial charge in [-0.05, 0) is 48.9 Å². The third-order valence-corrected chi connectivity index (χ3v) is 4.06. The maximum atomic E-state index is 12.0. The van der Waals surface area contributed by atoms with Gasteiger partial charge in [0.05, 0.1) is 11.5 Å². The van der Waals surface area contributed by atoms with Crippen molar-refractivity contribution in [3.8, 4) is 5.75 Å². The summed E-state index contributed by atoms with van der Waals surface area (Å²) >= 11 is 0. The van der Waals surface area contributed by atoms with Crippen LogP contribution < -0.4 is 15.2 Å². The lowest BCUT2D eigenvalue weighted by Crippen LogP contribution is -2.22. The van der Waals surface area contributed by atoms with Gasteiger partial charge in [0.15, 0.2) is 0 Å². The van der Waals surface area contributed by atoms with Gasteiger partial charge in [0.1, 0.15) is 5.75 Å². The van der Waals surface area contributed by atoms with Crippen LogP contribution in [0, 0.1) is 0 Å². The van der Waals surface area contributed by atoms with E-state index in [9.17, 15) is 13.2 Å². The summed E-state index contributed by atoms with van der Waals surface area (Å²) < 4.78 is 27.7. The predicted molar refractivity (Wildman–Crippen MR) is 86.6 cm³/mol. The summed E-state index contributed by atoms with van der Waals surface area (Å²) in [5.74, 6) is 0.492. The van der Waals surface area contributed by atoms with E-state index in [1.54, 1.807) is 36.4 Å². The summed E-state index contributed by atoms with van der Waals surface area (Å²) in [5, 5.41) is 7.80. The average Bonchev–Trinajstić information content (AvgIpc) is 2.53. The minimum Gasteiger partial charge on any atom is -0.494 e. The number of nitrogens with two attached hydrogens (primary N) is 1. The lowest BCUT2D eigenvalue weighted by molar-refractivity contribution is 0.0951. The number of carbonyl (C=O) groups excluding carboxylic acids is 1. The summed E-state index contributed by atoms with van der Waals surface area (Å²) in [6, 6.07) is 12.9. The molecule has 0 aromatic heterocycles. The number of hydrogen-bond donors (Lipinski definition) is 2. The van der Waals surface area contributed by atoms with E-state index in [1.807, 2.05) is 6.92 Å². The van der Waals surface area contributed by atoms with Crippen molar-refractivity contribution >= 4 is 15.9 Å². The van der Waals surface area contributed by atoms with E-state index >= 15 is 0 Å². The van der Waals surface area contributed by atoms with E-state index in [4.69, 9.17) is 9.88 Å². The van der Waals surface area contributed by atoms with Gasteiger partial charge >= 0.3 is 0 Å². The number of sulfonamides is 1. The Hall–Kier alpha value is -2.38. The van der Waals surface area contributed by atoms with Crippen molar-refractivity contribution in [3.05, 3.63) is 59.7 Å². The molecule has 23 heavy (non-hydrogen) atoms. The van der Waals surface area contributed by atoms with Crippen molar-refractivity contribution < 1.29 is 17.9 Å². The highest BCUT2D eigenvalue weighted by molar-refractivity contribution is 7.89. The molecule has 0 saturated heterocycles. The van der Waals surface area contributed by atoms with Gasteiger partial charge in [0.25, 0.3) is 5.91 Å². The standard InChI is InChI=1S/C16H18N2O4S/c1-2-22-14-7-5-13(6-8-14)16(19)18-11-12-3-9-15(10-4-12)23(17,20)21/h3-10H,2,11H2,1H3,(H,18,19)(H2,17,20,21). The van der Waals surface area contributed by atoms with Crippen molar-refractivity contribution in [2.24, 2.45) is 5.14 Å². The Kier molecular flexibility index (Phi) is 5.36. The number of primary sulfonamides is 1. The predicted octanol–water partition coefficient (Wildman–Crippen LogP) is 1.66. The van der Waals surface area contributed by atoms with Crippen molar-refractivity contribution in [3.63, 3.8) is 0 Å². The van der Waals surface area contributed by atoms with Crippen LogP contribution in [0.4, 0.5) is 0 Å². The Labute approximate surface area is 135 Å². The van der Waals surface area contributed by atoms with Crippen LogP contribution in [-0.2, 0) is 16.6 Å². The second kappa shape index (κ2) is 7.26. The number of amides is 1. The first-order chi connectivity index (χ1) is 10.9. The number of rotatable bonds is 6. The molecule has 2 rings (SSSR count). The summed E-state index contributed by atoms with van der Waals surface area (Å²) in [4.78, 5) is 12.1. The number of benzene rings is 2. The van der Waals surface area contributed by atoms with Crippen molar-refractivity contribution in [2.75, 3.05) is 6.61 Å². The van der Waals surface area contributed by atoms with Crippen LogP contribution in [0.2, 0.25) is 0 Å². The van der Waals surface area contributed by atoms with Gasteiger partial charge in [-0.2, -0.15) is 0 Å². The highest BCUT2D eigenvalue weighted by Gasteiger charge is 2.08. The molecular formula is C16H18N2O4S. The van der Waals surface area contributed by atoms with Crippen molar-refractivity contribution in [2.45, 2.75) is 18.4 Å². The fourth-order valence-corrected chi connectivity index (χ4v) is 2.47. The Morgan fingerprint density at radius 3 is 2.22 bits per heavy atom. The normalized spacial score (nSPS) is 11.0. The van der Waals surface area contributed by atoms with E-state index in [1.165, 1.54) is 12.1 Å². The Bertz CT molecular complexity index is 769. The number of hydrogen-bond acceptors (Lipinski definition) is 4. The topological polar surface area (TPSA) is 98.5 Å². The summed E-state index contributed by atoms with van der Waals surface area (Å²) in [5.41, 5.74) is 1.30. The average molecular weight is 334 g/mol. The second-order valence-electron chi connectivity index (χ2n) is 4.83. The Balaban J connectivity index is 1.96. The molecule has 3 N–H and O–H groups in total. The molecule has 0 aliphatic rings. The fourth-order valence-electron chi connectivity index (χ4n) is 1.95. The van der Waals surface area contributed by atoms with Crippen LogP contribution in [0.25, 0.3) is 0 Å². The van der Waals surface area contributed by atoms with Gasteiger partial charge in [-0.15, -0.1) is 0 Å². The van der Waals surface area contributed by atoms with E-state index in [-0.39, 0.29) is 17.3 Å². The molecule has 2 aromatic carbocycles. The van der Waals surface area contributed by atoms with Gasteiger partial charge in [0, 0.05) is 12.1 Å². The number of ether oxygens (including phenoxy) is 1. The van der Waals surface area contributed by atoms with Crippen LogP contribution in [0.5, 0.6) is 5.75 Å². The van der Waals surface area contributed by atoms with Gasteiger partial charge in [-0.3, -0.25) is 4.79 Å². The number of nitrogens with one attached hydrogen (secondary N) is 1. The molecule has 7 heteroatoms. The van der Waals surface area contributed by atoms with E-state index in [0.717, 1.165) is 5.56 Å². The minimum atomic E-state index is -3.70. The van der Waals surface area contributed by atoms with Crippen LogP contribution in [0.15, 0.2) is 53.4 Å². The maximum Gasteiger partial charge on any atom is 0.251 e. The fraction of sp³-hybridized carbons (Fsp3) is 0.188. The molecule has 0 bridgehead atoms. The Morgan fingerprint density at radius 1 is 1.09 bits per heavy atom. The lowest BCUT2D eigenvalue weighted by Gasteiger charge is -2.07. The first kappa shape index (κ1) is 17.0. The van der Waals surface area contributed by atoms with Crippen LogP contribution in [0.1, 0.15) is 22.8 Å². The molecule has 0 saturated carbocycles. The SMILES string of the molecule is CCOc1ccc(C(=O)NCc2ccc(S(N)(=O)=O)cc2)cc1. The van der Waals surface area contributed by atoms with Crippen LogP contribution >= 0.6 is 0 Å². The van der Waals surface area contributed by atoms with Crippen molar-refractivity contribution in [1.29, 1.82) is 0 Å². The molecule has 122 valence electrons. The number of carbonyl (C=O) groups is 1. The molecule has 6 nitrogen and oxygen atoms in total. The van der Waals surface area contributed by atoms with E-state index in [2.05, 4.69) is 5.32 Å². The van der Waals surface area contributed by atoms with Crippen LogP contribution in [-0.4, -0.2) is 20.9 Å². The molecule has 0 spiro atoms. The first-order valence-corrected chi connectivity index (χ1v) is 8.57. The van der Waals surface area contributed by atoms with Gasteiger partial charge in [-0.1, -0.05) is 12.1 Å². The molecule has 0 radical (unpaired) electrons. The van der Waals surface area contributed by atoms with Crippen LogP contribution in [0.3, 0.4) is 0 Å². The monoisotopic (exact) mass is 334 g/mol. The maximum absolute atomic E-state index is 12.0. The van der Waals surface area contributed by atoms with E-state index in [0.29, 0.717) is 17.9 Å². The zero-order chi connectivity index (χ0) is 16.9. The lowest BCUT2D eigenvalue weighted by atomic mass is 10.2. The molecule has 2 aromatic rings. The molecule has 0 heterocycles. The van der Waals surface area contributed by atoms with Gasteiger partial charge in [-0.25, -0.2) is 13.6 Å². The molecule has 0 unspecified atom stereocenters. The Morgan fingerprint density at radius 2 is 1.70 bits per heavy atom. The smallest absolute Gasteiger partial charge is 0.251 e. The minimum absolute atomic E-state index is 0.0408.